The van der Waals surface area contributed by atoms with Crippen LogP contribution in [0, 0.1) is 0 Å². The fourth-order valence-electron chi connectivity index (χ4n) is 4.22. The van der Waals surface area contributed by atoms with Crippen LogP contribution in [-0.4, -0.2) is 18.6 Å². The standard InChI is InChI=1S/C25H28N2O/c1-3-17-10-8-13-20-21(12-6-7-16-26)24(27-23(17)20)22-15-14-18-9-4-5-11-19(18)25(22)28-2/h4-5,8-11,13-15,27H,3,6-7,12,16,26H2,1-2H3. The fourth-order valence-corrected chi connectivity index (χ4v) is 4.22. The van der Waals surface area contributed by atoms with Gasteiger partial charge in [-0.3, -0.25) is 0 Å². The van der Waals surface area contributed by atoms with Crippen LogP contribution < -0.4 is 10.5 Å². The van der Waals surface area contributed by atoms with E-state index >= 15 is 0 Å². The Morgan fingerprint density at radius 1 is 0.929 bits per heavy atom. The number of unbranched alkanes of at least 4 members (excludes halogenated alkanes) is 1. The Morgan fingerprint density at radius 2 is 1.75 bits per heavy atom. The van der Waals surface area contributed by atoms with Gasteiger partial charge in [0.1, 0.15) is 5.75 Å². The molecule has 3 N–H and O–H groups in total. The number of nitrogens with one attached hydrogen (secondary N) is 1. The Bertz CT molecular complexity index is 1110. The topological polar surface area (TPSA) is 51.0 Å². The second kappa shape index (κ2) is 8.07. The van der Waals surface area contributed by atoms with Crippen molar-refractivity contribution in [1.29, 1.82) is 0 Å². The van der Waals surface area contributed by atoms with Crippen molar-refractivity contribution in [1.82, 2.24) is 4.98 Å². The maximum atomic E-state index is 5.91. The quantitative estimate of drug-likeness (QED) is 0.400. The summed E-state index contributed by atoms with van der Waals surface area (Å²) in [6, 6.07) is 19.4. The number of aromatic nitrogens is 1. The van der Waals surface area contributed by atoms with Gasteiger partial charge in [0.15, 0.2) is 0 Å². The zero-order valence-electron chi connectivity index (χ0n) is 16.7. The minimum absolute atomic E-state index is 0.733. The van der Waals surface area contributed by atoms with Gasteiger partial charge in [-0.05, 0) is 54.8 Å². The van der Waals surface area contributed by atoms with Gasteiger partial charge in [-0.1, -0.05) is 55.5 Å². The molecule has 0 fully saturated rings. The zero-order chi connectivity index (χ0) is 19.5. The summed E-state index contributed by atoms with van der Waals surface area (Å²) in [7, 11) is 1.76. The highest BCUT2D eigenvalue weighted by molar-refractivity contribution is 5.99. The number of methoxy groups -OCH3 is 1. The number of hydrogen-bond acceptors (Lipinski definition) is 2. The molecular formula is C25H28N2O. The highest BCUT2D eigenvalue weighted by atomic mass is 16.5. The van der Waals surface area contributed by atoms with Crippen molar-refractivity contribution in [2.24, 2.45) is 5.73 Å². The first-order valence-corrected chi connectivity index (χ1v) is 10.2. The highest BCUT2D eigenvalue weighted by Crippen LogP contribution is 2.41. The Morgan fingerprint density at radius 3 is 2.54 bits per heavy atom. The van der Waals surface area contributed by atoms with E-state index < -0.39 is 0 Å². The molecule has 0 aliphatic heterocycles. The SMILES string of the molecule is CCc1cccc2c(CCCCN)c(-c3ccc4ccccc4c3OC)[nH]c12. The van der Waals surface area contributed by atoms with Gasteiger partial charge in [-0.15, -0.1) is 0 Å². The van der Waals surface area contributed by atoms with E-state index in [9.17, 15) is 0 Å². The normalized spacial score (nSPS) is 11.4. The van der Waals surface area contributed by atoms with Crippen LogP contribution in [0.25, 0.3) is 32.9 Å². The van der Waals surface area contributed by atoms with E-state index in [4.69, 9.17) is 10.5 Å². The van der Waals surface area contributed by atoms with Crippen molar-refractivity contribution in [3.05, 3.63) is 65.7 Å². The van der Waals surface area contributed by atoms with Gasteiger partial charge >= 0.3 is 0 Å². The fraction of sp³-hybridized carbons (Fsp3) is 0.280. The summed E-state index contributed by atoms with van der Waals surface area (Å²) in [6.45, 7) is 2.94. The molecular weight excluding hydrogens is 344 g/mol. The lowest BCUT2D eigenvalue weighted by atomic mass is 9.97. The average Bonchev–Trinajstić information content (AvgIpc) is 3.11. The predicted molar refractivity (Wildman–Crippen MR) is 119 cm³/mol. The van der Waals surface area contributed by atoms with Gasteiger partial charge in [0.25, 0.3) is 0 Å². The Labute approximate surface area is 166 Å². The van der Waals surface area contributed by atoms with Gasteiger partial charge in [0, 0.05) is 21.9 Å². The molecule has 3 aromatic carbocycles. The van der Waals surface area contributed by atoms with Crippen LogP contribution in [0.3, 0.4) is 0 Å². The van der Waals surface area contributed by atoms with Gasteiger partial charge in [-0.25, -0.2) is 0 Å². The largest absolute Gasteiger partial charge is 0.495 e. The van der Waals surface area contributed by atoms with Crippen LogP contribution in [0.15, 0.2) is 54.6 Å². The van der Waals surface area contributed by atoms with Crippen molar-refractivity contribution in [2.45, 2.75) is 32.6 Å². The molecule has 0 spiro atoms. The molecule has 0 bridgehead atoms. The molecule has 3 nitrogen and oxygen atoms in total. The van der Waals surface area contributed by atoms with Crippen LogP contribution in [0.1, 0.15) is 30.9 Å². The van der Waals surface area contributed by atoms with Gasteiger partial charge < -0.3 is 15.5 Å². The summed E-state index contributed by atoms with van der Waals surface area (Å²) in [5.41, 5.74) is 12.0. The average molecular weight is 373 g/mol. The van der Waals surface area contributed by atoms with Gasteiger partial charge in [-0.2, -0.15) is 0 Å². The summed E-state index contributed by atoms with van der Waals surface area (Å²) in [5, 5.41) is 3.66. The molecule has 1 aromatic heterocycles. The Kier molecular flexibility index (Phi) is 5.36. The van der Waals surface area contributed by atoms with Crippen molar-refractivity contribution >= 4 is 21.7 Å². The van der Waals surface area contributed by atoms with E-state index in [1.807, 2.05) is 0 Å². The number of para-hydroxylation sites is 1. The van der Waals surface area contributed by atoms with E-state index in [0.29, 0.717) is 0 Å². The molecule has 0 radical (unpaired) electrons. The van der Waals surface area contributed by atoms with Crippen molar-refractivity contribution in [3.8, 4) is 17.0 Å². The maximum Gasteiger partial charge on any atom is 0.136 e. The lowest BCUT2D eigenvalue weighted by Crippen LogP contribution is -1.99. The molecule has 0 aliphatic rings. The monoisotopic (exact) mass is 372 g/mol. The number of nitrogens with two attached hydrogens (primary N) is 1. The first-order valence-electron chi connectivity index (χ1n) is 10.2. The molecule has 4 rings (SSSR count). The molecule has 3 heteroatoms. The third-order valence-electron chi connectivity index (χ3n) is 5.64. The molecule has 0 amide bonds. The molecule has 0 atom stereocenters. The van der Waals surface area contributed by atoms with E-state index in [2.05, 4.69) is 66.5 Å². The maximum absolute atomic E-state index is 5.91. The van der Waals surface area contributed by atoms with Crippen LogP contribution in [0.5, 0.6) is 5.75 Å². The lowest BCUT2D eigenvalue weighted by molar-refractivity contribution is 0.421. The zero-order valence-corrected chi connectivity index (χ0v) is 16.7. The summed E-state index contributed by atoms with van der Waals surface area (Å²) >= 11 is 0. The second-order valence-electron chi connectivity index (χ2n) is 7.29. The van der Waals surface area contributed by atoms with Crippen LogP contribution in [0.2, 0.25) is 0 Å². The van der Waals surface area contributed by atoms with E-state index in [0.717, 1.165) is 48.9 Å². The van der Waals surface area contributed by atoms with Crippen LogP contribution in [-0.2, 0) is 12.8 Å². The minimum atomic E-state index is 0.733. The molecule has 0 unspecified atom stereocenters. The highest BCUT2D eigenvalue weighted by Gasteiger charge is 2.19. The number of benzene rings is 3. The molecule has 0 saturated heterocycles. The smallest absolute Gasteiger partial charge is 0.136 e. The third kappa shape index (κ3) is 3.16. The predicted octanol–water partition coefficient (Wildman–Crippen LogP) is 5.84. The number of hydrogen-bond donors (Lipinski definition) is 2. The molecule has 4 aromatic rings. The van der Waals surface area contributed by atoms with Crippen LogP contribution >= 0.6 is 0 Å². The summed E-state index contributed by atoms with van der Waals surface area (Å²) < 4.78 is 5.91. The summed E-state index contributed by atoms with van der Waals surface area (Å²) in [4.78, 5) is 3.76. The third-order valence-corrected chi connectivity index (χ3v) is 5.64. The number of fused-ring (bicyclic) bond motifs is 2. The minimum Gasteiger partial charge on any atom is -0.495 e. The lowest BCUT2D eigenvalue weighted by Gasteiger charge is -2.13. The van der Waals surface area contributed by atoms with Gasteiger partial charge in [0.05, 0.1) is 12.8 Å². The van der Waals surface area contributed by atoms with E-state index in [1.165, 1.54) is 33.1 Å². The molecule has 1 heterocycles. The Hall–Kier alpha value is -2.78. The van der Waals surface area contributed by atoms with Gasteiger partial charge in [0.2, 0.25) is 0 Å². The van der Waals surface area contributed by atoms with Crippen molar-refractivity contribution < 1.29 is 4.74 Å². The number of rotatable bonds is 7. The van der Waals surface area contributed by atoms with Crippen molar-refractivity contribution in [2.75, 3.05) is 13.7 Å². The number of aromatic amines is 1. The first kappa shape index (κ1) is 18.6. The number of ether oxygens (including phenoxy) is 1. The van der Waals surface area contributed by atoms with E-state index in [-0.39, 0.29) is 0 Å². The Balaban J connectivity index is 1.97. The molecule has 144 valence electrons. The number of aryl methyl sites for hydroxylation is 2. The number of H-pyrrole nitrogens is 1. The van der Waals surface area contributed by atoms with Crippen LogP contribution in [0.4, 0.5) is 0 Å². The second-order valence-corrected chi connectivity index (χ2v) is 7.29. The molecule has 0 saturated carbocycles. The van der Waals surface area contributed by atoms with Crippen molar-refractivity contribution in [3.63, 3.8) is 0 Å². The summed E-state index contributed by atoms with van der Waals surface area (Å²) in [6.07, 6.45) is 4.14. The first-order chi connectivity index (χ1) is 13.8. The summed E-state index contributed by atoms with van der Waals surface area (Å²) in [5.74, 6) is 0.933. The molecule has 28 heavy (non-hydrogen) atoms. The van der Waals surface area contributed by atoms with E-state index in [1.54, 1.807) is 7.11 Å². The molecule has 0 aliphatic carbocycles.